The minimum Gasteiger partial charge on any atom is -0.497 e. The van der Waals surface area contributed by atoms with Gasteiger partial charge in [-0.1, -0.05) is 32.4 Å². The van der Waals surface area contributed by atoms with Crippen molar-refractivity contribution in [2.45, 2.75) is 39.7 Å². The van der Waals surface area contributed by atoms with Crippen molar-refractivity contribution in [3.05, 3.63) is 29.8 Å². The number of hydrogen-bond acceptors (Lipinski definition) is 2. The molecule has 0 spiro atoms. The number of ether oxygens (including phenoxy) is 1. The minimum atomic E-state index is 0.0168. The summed E-state index contributed by atoms with van der Waals surface area (Å²) in [5.41, 5.74) is 1.05. The standard InChI is InChI=1S/C16H26N2O2/c1-4-6-11-18(10-5-2)16(19)17-13-14-8-7-9-15(12-14)20-3/h7-9,12H,4-6,10-11,13H2,1-3H3,(H,17,19). The van der Waals surface area contributed by atoms with Gasteiger partial charge in [-0.25, -0.2) is 4.79 Å². The van der Waals surface area contributed by atoms with Crippen LogP contribution < -0.4 is 10.1 Å². The average molecular weight is 278 g/mol. The summed E-state index contributed by atoms with van der Waals surface area (Å²) in [6, 6.07) is 7.77. The summed E-state index contributed by atoms with van der Waals surface area (Å²) < 4.78 is 5.18. The summed E-state index contributed by atoms with van der Waals surface area (Å²) in [6.45, 7) is 6.40. The van der Waals surface area contributed by atoms with Crippen LogP contribution in [0.15, 0.2) is 24.3 Å². The second-order valence-corrected chi connectivity index (χ2v) is 4.85. The summed E-state index contributed by atoms with van der Waals surface area (Å²) >= 11 is 0. The van der Waals surface area contributed by atoms with E-state index in [1.54, 1.807) is 7.11 Å². The fourth-order valence-electron chi connectivity index (χ4n) is 2.01. The molecule has 0 aromatic heterocycles. The lowest BCUT2D eigenvalue weighted by Crippen LogP contribution is -2.40. The Labute approximate surface area is 122 Å². The minimum absolute atomic E-state index is 0.0168. The number of rotatable bonds is 8. The first-order valence-electron chi connectivity index (χ1n) is 7.37. The molecule has 0 aliphatic rings. The fourth-order valence-corrected chi connectivity index (χ4v) is 2.01. The second kappa shape index (κ2) is 9.23. The van der Waals surface area contributed by atoms with Crippen molar-refractivity contribution in [2.24, 2.45) is 0 Å². The van der Waals surface area contributed by atoms with Crippen molar-refractivity contribution < 1.29 is 9.53 Å². The van der Waals surface area contributed by atoms with Gasteiger partial charge in [0.1, 0.15) is 5.75 Å². The van der Waals surface area contributed by atoms with Gasteiger partial charge in [0, 0.05) is 19.6 Å². The molecule has 4 heteroatoms. The van der Waals surface area contributed by atoms with Gasteiger partial charge in [-0.05, 0) is 30.5 Å². The topological polar surface area (TPSA) is 41.6 Å². The number of nitrogens with zero attached hydrogens (tertiary/aromatic N) is 1. The third-order valence-electron chi connectivity index (χ3n) is 3.14. The van der Waals surface area contributed by atoms with Gasteiger partial charge in [0.15, 0.2) is 0 Å². The molecular formula is C16H26N2O2. The number of unbranched alkanes of at least 4 members (excludes halogenated alkanes) is 1. The molecule has 0 aliphatic heterocycles. The summed E-state index contributed by atoms with van der Waals surface area (Å²) in [7, 11) is 1.64. The van der Waals surface area contributed by atoms with Gasteiger partial charge in [0.25, 0.3) is 0 Å². The first-order chi connectivity index (χ1) is 9.71. The van der Waals surface area contributed by atoms with Crippen LogP contribution in [0.1, 0.15) is 38.7 Å². The number of nitrogens with one attached hydrogen (secondary N) is 1. The van der Waals surface area contributed by atoms with Gasteiger partial charge in [0.2, 0.25) is 0 Å². The zero-order valence-corrected chi connectivity index (χ0v) is 12.8. The molecular weight excluding hydrogens is 252 g/mol. The Hall–Kier alpha value is -1.71. The van der Waals surface area contributed by atoms with Crippen LogP contribution in [0.4, 0.5) is 4.79 Å². The summed E-state index contributed by atoms with van der Waals surface area (Å²) in [5.74, 6) is 0.813. The van der Waals surface area contributed by atoms with Crippen LogP contribution in [-0.2, 0) is 6.54 Å². The van der Waals surface area contributed by atoms with Crippen molar-refractivity contribution in [1.82, 2.24) is 10.2 Å². The highest BCUT2D eigenvalue weighted by Crippen LogP contribution is 2.12. The van der Waals surface area contributed by atoms with Gasteiger partial charge in [-0.15, -0.1) is 0 Å². The predicted molar refractivity (Wildman–Crippen MR) is 82.0 cm³/mol. The second-order valence-electron chi connectivity index (χ2n) is 4.85. The van der Waals surface area contributed by atoms with Crippen LogP contribution in [0.3, 0.4) is 0 Å². The first kappa shape index (κ1) is 16.3. The van der Waals surface area contributed by atoms with E-state index in [9.17, 15) is 4.79 Å². The predicted octanol–water partition coefficient (Wildman–Crippen LogP) is 3.42. The zero-order chi connectivity index (χ0) is 14.8. The van der Waals surface area contributed by atoms with E-state index in [0.717, 1.165) is 43.7 Å². The molecule has 0 aliphatic carbocycles. The number of amides is 2. The van der Waals surface area contributed by atoms with Gasteiger partial charge in [-0.3, -0.25) is 0 Å². The lowest BCUT2D eigenvalue weighted by molar-refractivity contribution is 0.196. The Kier molecular flexibility index (Phi) is 7.55. The Morgan fingerprint density at radius 3 is 2.70 bits per heavy atom. The summed E-state index contributed by atoms with van der Waals surface area (Å²) in [5, 5.41) is 2.98. The van der Waals surface area contributed by atoms with Crippen molar-refractivity contribution >= 4 is 6.03 Å². The van der Waals surface area contributed by atoms with E-state index in [0.29, 0.717) is 6.54 Å². The molecule has 0 fully saturated rings. The maximum atomic E-state index is 12.2. The van der Waals surface area contributed by atoms with E-state index in [1.807, 2.05) is 29.2 Å². The molecule has 0 saturated heterocycles. The SMILES string of the molecule is CCCCN(CCC)C(=O)NCc1cccc(OC)c1. The van der Waals surface area contributed by atoms with Crippen LogP contribution in [-0.4, -0.2) is 31.1 Å². The Bertz CT molecular complexity index is 407. The number of urea groups is 1. The monoisotopic (exact) mass is 278 g/mol. The van der Waals surface area contributed by atoms with Gasteiger partial charge in [-0.2, -0.15) is 0 Å². The lowest BCUT2D eigenvalue weighted by atomic mass is 10.2. The highest BCUT2D eigenvalue weighted by Gasteiger charge is 2.11. The average Bonchev–Trinajstić information content (AvgIpc) is 2.49. The third kappa shape index (κ3) is 5.51. The fraction of sp³-hybridized carbons (Fsp3) is 0.562. The maximum absolute atomic E-state index is 12.2. The molecule has 1 aromatic rings. The number of hydrogen-bond donors (Lipinski definition) is 1. The van der Waals surface area contributed by atoms with E-state index >= 15 is 0 Å². The van der Waals surface area contributed by atoms with E-state index in [4.69, 9.17) is 4.74 Å². The van der Waals surface area contributed by atoms with Gasteiger partial charge >= 0.3 is 6.03 Å². The number of carbonyl (C=O) groups excluding carboxylic acids is 1. The number of carbonyl (C=O) groups is 1. The Morgan fingerprint density at radius 2 is 2.05 bits per heavy atom. The smallest absolute Gasteiger partial charge is 0.317 e. The molecule has 0 heterocycles. The molecule has 0 radical (unpaired) electrons. The van der Waals surface area contributed by atoms with Crippen molar-refractivity contribution in [2.75, 3.05) is 20.2 Å². The van der Waals surface area contributed by atoms with Crippen molar-refractivity contribution in [1.29, 1.82) is 0 Å². The zero-order valence-electron chi connectivity index (χ0n) is 12.8. The molecule has 112 valence electrons. The largest absolute Gasteiger partial charge is 0.497 e. The highest BCUT2D eigenvalue weighted by molar-refractivity contribution is 5.74. The molecule has 1 rings (SSSR count). The summed E-state index contributed by atoms with van der Waals surface area (Å²) in [6.07, 6.45) is 3.13. The molecule has 1 aromatic carbocycles. The van der Waals surface area contributed by atoms with Crippen LogP contribution >= 0.6 is 0 Å². The Balaban J connectivity index is 2.50. The lowest BCUT2D eigenvalue weighted by Gasteiger charge is -2.22. The van der Waals surface area contributed by atoms with Crippen molar-refractivity contribution in [3.8, 4) is 5.75 Å². The van der Waals surface area contributed by atoms with Crippen LogP contribution in [0.2, 0.25) is 0 Å². The number of benzene rings is 1. The quantitative estimate of drug-likeness (QED) is 0.791. The first-order valence-corrected chi connectivity index (χ1v) is 7.37. The molecule has 0 saturated carbocycles. The van der Waals surface area contributed by atoms with Gasteiger partial charge < -0.3 is 15.0 Å². The number of methoxy groups -OCH3 is 1. The van der Waals surface area contributed by atoms with E-state index in [-0.39, 0.29) is 6.03 Å². The molecule has 1 N–H and O–H groups in total. The third-order valence-corrected chi connectivity index (χ3v) is 3.14. The van der Waals surface area contributed by atoms with E-state index in [2.05, 4.69) is 19.2 Å². The van der Waals surface area contributed by atoms with E-state index < -0.39 is 0 Å². The highest BCUT2D eigenvalue weighted by atomic mass is 16.5. The molecule has 0 bridgehead atoms. The van der Waals surface area contributed by atoms with E-state index in [1.165, 1.54) is 0 Å². The van der Waals surface area contributed by atoms with Crippen LogP contribution in [0.5, 0.6) is 5.75 Å². The molecule has 0 atom stereocenters. The molecule has 4 nitrogen and oxygen atoms in total. The maximum Gasteiger partial charge on any atom is 0.317 e. The normalized spacial score (nSPS) is 10.2. The van der Waals surface area contributed by atoms with Gasteiger partial charge in [0.05, 0.1) is 7.11 Å². The Morgan fingerprint density at radius 1 is 1.25 bits per heavy atom. The molecule has 0 unspecified atom stereocenters. The summed E-state index contributed by atoms with van der Waals surface area (Å²) in [4.78, 5) is 14.0. The van der Waals surface area contributed by atoms with Crippen molar-refractivity contribution in [3.63, 3.8) is 0 Å². The molecule has 2 amide bonds. The van der Waals surface area contributed by atoms with Crippen LogP contribution in [0, 0.1) is 0 Å². The molecule has 20 heavy (non-hydrogen) atoms. The van der Waals surface area contributed by atoms with Crippen LogP contribution in [0.25, 0.3) is 0 Å².